The summed E-state index contributed by atoms with van der Waals surface area (Å²) in [7, 11) is 0. The number of aromatic nitrogens is 1. The molecule has 2 rings (SSSR count). The number of aryl methyl sites for hydroxylation is 2. The molecule has 0 fully saturated rings. The fraction of sp³-hybridized carbons (Fsp3) is 0.400. The first-order chi connectivity index (χ1) is 8.52. The summed E-state index contributed by atoms with van der Waals surface area (Å²) < 4.78 is 2.19. The van der Waals surface area contributed by atoms with Gasteiger partial charge in [0.25, 0.3) is 0 Å². The highest BCUT2D eigenvalue weighted by Gasteiger charge is 2.16. The molecule has 1 heterocycles. The Morgan fingerprint density at radius 2 is 2.17 bits per heavy atom. The average Bonchev–Trinajstić information content (AvgIpc) is 2.66. The van der Waals surface area contributed by atoms with E-state index < -0.39 is 5.97 Å². The first-order valence-corrected chi connectivity index (χ1v) is 6.34. The third-order valence-corrected chi connectivity index (χ3v) is 3.42. The Kier molecular flexibility index (Phi) is 3.41. The molecule has 3 nitrogen and oxygen atoms in total. The monoisotopic (exact) mass is 245 g/mol. The van der Waals surface area contributed by atoms with Gasteiger partial charge in [-0.25, -0.2) is 0 Å². The second kappa shape index (κ2) is 4.84. The Labute approximate surface area is 107 Å². The van der Waals surface area contributed by atoms with Crippen LogP contribution in [0.5, 0.6) is 0 Å². The molecule has 1 unspecified atom stereocenters. The van der Waals surface area contributed by atoms with Crippen LogP contribution in [0.4, 0.5) is 0 Å². The van der Waals surface area contributed by atoms with Gasteiger partial charge < -0.3 is 9.67 Å². The predicted octanol–water partition coefficient (Wildman–Crippen LogP) is 3.55. The summed E-state index contributed by atoms with van der Waals surface area (Å²) in [5.74, 6) is -0.701. The van der Waals surface area contributed by atoms with Crippen molar-refractivity contribution in [3.63, 3.8) is 0 Å². The molecule has 0 amide bonds. The van der Waals surface area contributed by atoms with E-state index in [2.05, 4.69) is 42.8 Å². The summed E-state index contributed by atoms with van der Waals surface area (Å²) in [5.41, 5.74) is 3.56. The van der Waals surface area contributed by atoms with Crippen molar-refractivity contribution in [2.45, 2.75) is 39.7 Å². The standard InChI is InChI=1S/C15H19NO2/c1-4-16-9-13(11(3)8-15(17)18)12-6-5-10(2)7-14(12)16/h5-7,9,11H,4,8H2,1-3H3,(H,17,18). The first-order valence-electron chi connectivity index (χ1n) is 6.34. The Hall–Kier alpha value is -1.77. The molecule has 18 heavy (non-hydrogen) atoms. The van der Waals surface area contributed by atoms with Gasteiger partial charge in [-0.15, -0.1) is 0 Å². The van der Waals surface area contributed by atoms with E-state index in [0.29, 0.717) is 0 Å². The lowest BCUT2D eigenvalue weighted by Gasteiger charge is -2.07. The van der Waals surface area contributed by atoms with Gasteiger partial charge >= 0.3 is 5.97 Å². The fourth-order valence-corrected chi connectivity index (χ4v) is 2.46. The molecule has 1 atom stereocenters. The van der Waals surface area contributed by atoms with E-state index in [1.807, 2.05) is 6.92 Å². The number of nitrogens with zero attached hydrogens (tertiary/aromatic N) is 1. The Morgan fingerprint density at radius 1 is 1.44 bits per heavy atom. The summed E-state index contributed by atoms with van der Waals surface area (Å²) in [6.07, 6.45) is 2.27. The maximum atomic E-state index is 10.8. The van der Waals surface area contributed by atoms with E-state index in [9.17, 15) is 4.79 Å². The summed E-state index contributed by atoms with van der Waals surface area (Å²) in [6.45, 7) is 7.06. The van der Waals surface area contributed by atoms with Crippen LogP contribution in [0.2, 0.25) is 0 Å². The number of carboxylic acids is 1. The summed E-state index contributed by atoms with van der Waals surface area (Å²) in [4.78, 5) is 10.8. The molecule has 0 aliphatic carbocycles. The van der Waals surface area contributed by atoms with E-state index in [1.54, 1.807) is 0 Å². The van der Waals surface area contributed by atoms with Crippen LogP contribution in [0.15, 0.2) is 24.4 Å². The molecule has 1 N–H and O–H groups in total. The number of carboxylic acid groups (broad SMARTS) is 1. The van der Waals surface area contributed by atoms with Gasteiger partial charge in [-0.05, 0) is 37.0 Å². The van der Waals surface area contributed by atoms with E-state index in [-0.39, 0.29) is 12.3 Å². The maximum absolute atomic E-state index is 10.8. The van der Waals surface area contributed by atoms with Crippen molar-refractivity contribution in [2.24, 2.45) is 0 Å². The van der Waals surface area contributed by atoms with Crippen LogP contribution < -0.4 is 0 Å². The van der Waals surface area contributed by atoms with Crippen molar-refractivity contribution in [3.05, 3.63) is 35.5 Å². The Morgan fingerprint density at radius 3 is 2.78 bits per heavy atom. The molecule has 0 saturated carbocycles. The number of aliphatic carboxylic acids is 1. The number of hydrogen-bond acceptors (Lipinski definition) is 1. The van der Waals surface area contributed by atoms with Crippen molar-refractivity contribution in [1.82, 2.24) is 4.57 Å². The van der Waals surface area contributed by atoms with Crippen LogP contribution >= 0.6 is 0 Å². The van der Waals surface area contributed by atoms with Gasteiger partial charge in [0, 0.05) is 23.6 Å². The first kappa shape index (κ1) is 12.7. The van der Waals surface area contributed by atoms with Crippen LogP contribution in [0.3, 0.4) is 0 Å². The molecule has 0 aliphatic heterocycles. The van der Waals surface area contributed by atoms with Crippen molar-refractivity contribution in [3.8, 4) is 0 Å². The minimum Gasteiger partial charge on any atom is -0.481 e. The zero-order valence-corrected chi connectivity index (χ0v) is 11.1. The SMILES string of the molecule is CCn1cc(C(C)CC(=O)O)c2ccc(C)cc21. The van der Waals surface area contributed by atoms with Gasteiger partial charge in [0.05, 0.1) is 6.42 Å². The lowest BCUT2D eigenvalue weighted by atomic mass is 9.97. The molecule has 0 bridgehead atoms. The fourth-order valence-electron chi connectivity index (χ4n) is 2.46. The van der Waals surface area contributed by atoms with E-state index >= 15 is 0 Å². The van der Waals surface area contributed by atoms with Crippen molar-refractivity contribution >= 4 is 16.9 Å². The number of fused-ring (bicyclic) bond motifs is 1. The molecule has 1 aromatic heterocycles. The highest BCUT2D eigenvalue weighted by molar-refractivity contribution is 5.85. The van der Waals surface area contributed by atoms with E-state index in [1.165, 1.54) is 16.5 Å². The second-order valence-electron chi connectivity index (χ2n) is 4.89. The highest BCUT2D eigenvalue weighted by atomic mass is 16.4. The summed E-state index contributed by atoms with van der Waals surface area (Å²) in [6, 6.07) is 6.35. The molecule has 0 aliphatic rings. The van der Waals surface area contributed by atoms with Crippen molar-refractivity contribution in [2.75, 3.05) is 0 Å². The maximum Gasteiger partial charge on any atom is 0.303 e. The average molecular weight is 245 g/mol. The Bertz CT molecular complexity index is 583. The zero-order chi connectivity index (χ0) is 13.3. The van der Waals surface area contributed by atoms with Crippen LogP contribution in [-0.2, 0) is 11.3 Å². The van der Waals surface area contributed by atoms with Gasteiger partial charge in [-0.1, -0.05) is 19.1 Å². The second-order valence-corrected chi connectivity index (χ2v) is 4.89. The molecule has 1 aromatic carbocycles. The van der Waals surface area contributed by atoms with Gasteiger partial charge in [0.2, 0.25) is 0 Å². The summed E-state index contributed by atoms with van der Waals surface area (Å²) >= 11 is 0. The largest absolute Gasteiger partial charge is 0.481 e. The minimum absolute atomic E-state index is 0.0421. The number of carbonyl (C=O) groups is 1. The molecular weight excluding hydrogens is 226 g/mol. The molecule has 0 radical (unpaired) electrons. The molecule has 2 aromatic rings. The lowest BCUT2D eigenvalue weighted by Crippen LogP contribution is -2.02. The normalized spacial score (nSPS) is 12.8. The van der Waals surface area contributed by atoms with Crippen molar-refractivity contribution < 1.29 is 9.90 Å². The van der Waals surface area contributed by atoms with E-state index in [0.717, 1.165) is 12.1 Å². The third kappa shape index (κ3) is 2.26. The zero-order valence-electron chi connectivity index (χ0n) is 11.1. The topological polar surface area (TPSA) is 42.2 Å². The van der Waals surface area contributed by atoms with Gasteiger partial charge in [-0.3, -0.25) is 4.79 Å². The van der Waals surface area contributed by atoms with E-state index in [4.69, 9.17) is 5.11 Å². The van der Waals surface area contributed by atoms with Crippen molar-refractivity contribution in [1.29, 1.82) is 0 Å². The quantitative estimate of drug-likeness (QED) is 0.895. The summed E-state index contributed by atoms with van der Waals surface area (Å²) in [5, 5.41) is 10.1. The Balaban J connectivity index is 2.54. The molecule has 0 saturated heterocycles. The molecule has 96 valence electrons. The smallest absolute Gasteiger partial charge is 0.303 e. The minimum atomic E-state index is -0.744. The third-order valence-electron chi connectivity index (χ3n) is 3.42. The van der Waals surface area contributed by atoms with Gasteiger partial charge in [0.15, 0.2) is 0 Å². The molecular formula is C15H19NO2. The lowest BCUT2D eigenvalue weighted by molar-refractivity contribution is -0.137. The van der Waals surface area contributed by atoms with Crippen LogP contribution in [0, 0.1) is 6.92 Å². The van der Waals surface area contributed by atoms with Gasteiger partial charge in [0.1, 0.15) is 0 Å². The molecule has 3 heteroatoms. The number of hydrogen-bond donors (Lipinski definition) is 1. The van der Waals surface area contributed by atoms with Crippen LogP contribution in [-0.4, -0.2) is 15.6 Å². The number of benzene rings is 1. The number of rotatable bonds is 4. The highest BCUT2D eigenvalue weighted by Crippen LogP contribution is 2.30. The molecule has 0 spiro atoms. The predicted molar refractivity (Wildman–Crippen MR) is 73.0 cm³/mol. The van der Waals surface area contributed by atoms with Crippen LogP contribution in [0.1, 0.15) is 37.3 Å². The van der Waals surface area contributed by atoms with Gasteiger partial charge in [-0.2, -0.15) is 0 Å². The van der Waals surface area contributed by atoms with Crippen LogP contribution in [0.25, 0.3) is 10.9 Å².